The molecule has 0 saturated carbocycles. The monoisotopic (exact) mass is 347 g/mol. The van der Waals surface area contributed by atoms with Crippen LogP contribution in [0.2, 0.25) is 0 Å². The van der Waals surface area contributed by atoms with Crippen LogP contribution >= 0.6 is 0 Å². The maximum atomic E-state index is 12.6. The standard InChI is InChI=1S/C19H17N5O2/c1-2-17-22-15-8-3-4-9-16(15)24(17)11-18(25)21-14-7-5-6-13(10-14)19-23-20-12-26-19/h3-10,12H,2,11H2,1H3,(H,21,25). The number of carbonyl (C=O) groups excluding carboxylic acids is 1. The molecule has 2 aromatic heterocycles. The Labute approximate surface area is 149 Å². The second-order valence-corrected chi connectivity index (χ2v) is 5.83. The average Bonchev–Trinajstić information content (AvgIpc) is 3.30. The third-order valence-electron chi connectivity index (χ3n) is 4.10. The van der Waals surface area contributed by atoms with Crippen LogP contribution in [0.3, 0.4) is 0 Å². The number of carbonyl (C=O) groups is 1. The Morgan fingerprint density at radius 3 is 2.88 bits per heavy atom. The van der Waals surface area contributed by atoms with E-state index in [1.807, 2.05) is 54.0 Å². The molecule has 0 saturated heterocycles. The van der Waals surface area contributed by atoms with Gasteiger partial charge in [0.25, 0.3) is 0 Å². The van der Waals surface area contributed by atoms with Gasteiger partial charge >= 0.3 is 0 Å². The molecule has 0 spiro atoms. The van der Waals surface area contributed by atoms with Gasteiger partial charge in [0.1, 0.15) is 12.4 Å². The summed E-state index contributed by atoms with van der Waals surface area (Å²) >= 11 is 0. The Balaban J connectivity index is 1.56. The summed E-state index contributed by atoms with van der Waals surface area (Å²) in [6.07, 6.45) is 2.03. The SMILES string of the molecule is CCc1nc2ccccc2n1CC(=O)Nc1cccc(-c2nnco2)c1. The molecule has 0 radical (unpaired) electrons. The summed E-state index contributed by atoms with van der Waals surface area (Å²) < 4.78 is 7.15. The molecule has 7 nitrogen and oxygen atoms in total. The zero-order valence-electron chi connectivity index (χ0n) is 14.2. The van der Waals surface area contributed by atoms with E-state index in [1.54, 1.807) is 6.07 Å². The maximum Gasteiger partial charge on any atom is 0.247 e. The van der Waals surface area contributed by atoms with Gasteiger partial charge in [-0.15, -0.1) is 10.2 Å². The van der Waals surface area contributed by atoms with Gasteiger partial charge in [-0.05, 0) is 30.3 Å². The van der Waals surface area contributed by atoms with Crippen molar-refractivity contribution in [2.24, 2.45) is 0 Å². The van der Waals surface area contributed by atoms with Crippen LogP contribution in [0.15, 0.2) is 59.3 Å². The molecule has 7 heteroatoms. The van der Waals surface area contributed by atoms with Crippen molar-refractivity contribution in [3.8, 4) is 11.5 Å². The third kappa shape index (κ3) is 3.06. The summed E-state index contributed by atoms with van der Waals surface area (Å²) in [5.41, 5.74) is 3.28. The number of nitrogens with zero attached hydrogens (tertiary/aromatic N) is 4. The van der Waals surface area contributed by atoms with E-state index in [1.165, 1.54) is 6.39 Å². The fraction of sp³-hybridized carbons (Fsp3) is 0.158. The predicted octanol–water partition coefficient (Wildman–Crippen LogP) is 3.29. The first kappa shape index (κ1) is 16.0. The van der Waals surface area contributed by atoms with Crippen LogP contribution in [0.4, 0.5) is 5.69 Å². The molecular formula is C19H17N5O2. The van der Waals surface area contributed by atoms with Gasteiger partial charge in [0.2, 0.25) is 18.2 Å². The zero-order chi connectivity index (χ0) is 17.9. The molecular weight excluding hydrogens is 330 g/mol. The van der Waals surface area contributed by atoms with Crippen LogP contribution in [0, 0.1) is 0 Å². The van der Waals surface area contributed by atoms with Crippen molar-refractivity contribution in [2.45, 2.75) is 19.9 Å². The highest BCUT2D eigenvalue weighted by molar-refractivity contribution is 5.92. The van der Waals surface area contributed by atoms with Crippen molar-refractivity contribution in [3.63, 3.8) is 0 Å². The first-order valence-electron chi connectivity index (χ1n) is 8.35. The Morgan fingerprint density at radius 1 is 1.19 bits per heavy atom. The van der Waals surface area contributed by atoms with E-state index in [0.717, 1.165) is 28.8 Å². The first-order chi connectivity index (χ1) is 12.7. The van der Waals surface area contributed by atoms with E-state index in [4.69, 9.17) is 4.42 Å². The lowest BCUT2D eigenvalue weighted by Crippen LogP contribution is -2.20. The van der Waals surface area contributed by atoms with Gasteiger partial charge in [0.15, 0.2) is 0 Å². The van der Waals surface area contributed by atoms with Crippen molar-refractivity contribution >= 4 is 22.6 Å². The van der Waals surface area contributed by atoms with Gasteiger partial charge in [0.05, 0.1) is 11.0 Å². The number of anilines is 1. The quantitative estimate of drug-likeness (QED) is 0.599. The molecule has 2 heterocycles. The van der Waals surface area contributed by atoms with Crippen LogP contribution in [0.5, 0.6) is 0 Å². The molecule has 0 unspecified atom stereocenters. The fourth-order valence-corrected chi connectivity index (χ4v) is 2.94. The van der Waals surface area contributed by atoms with E-state index < -0.39 is 0 Å². The van der Waals surface area contributed by atoms with Crippen LogP contribution < -0.4 is 5.32 Å². The molecule has 0 aliphatic rings. The lowest BCUT2D eigenvalue weighted by atomic mass is 10.2. The Morgan fingerprint density at radius 2 is 2.08 bits per heavy atom. The molecule has 130 valence electrons. The number of aromatic nitrogens is 4. The van der Waals surface area contributed by atoms with Crippen molar-refractivity contribution in [2.75, 3.05) is 5.32 Å². The van der Waals surface area contributed by atoms with Gasteiger partial charge in [-0.1, -0.05) is 25.1 Å². The van der Waals surface area contributed by atoms with Gasteiger partial charge < -0.3 is 14.3 Å². The summed E-state index contributed by atoms with van der Waals surface area (Å²) in [7, 11) is 0. The minimum absolute atomic E-state index is 0.120. The van der Waals surface area contributed by atoms with E-state index in [2.05, 4.69) is 20.5 Å². The Hall–Kier alpha value is -3.48. The number of nitrogens with one attached hydrogen (secondary N) is 1. The van der Waals surface area contributed by atoms with E-state index >= 15 is 0 Å². The molecule has 4 aromatic rings. The lowest BCUT2D eigenvalue weighted by Gasteiger charge is -2.10. The highest BCUT2D eigenvalue weighted by Crippen LogP contribution is 2.21. The number of rotatable bonds is 5. The van der Waals surface area contributed by atoms with E-state index in [0.29, 0.717) is 11.6 Å². The normalized spacial score (nSPS) is 11.0. The average molecular weight is 347 g/mol. The number of aryl methyl sites for hydroxylation is 1. The summed E-state index contributed by atoms with van der Waals surface area (Å²) in [6, 6.07) is 15.1. The largest absolute Gasteiger partial charge is 0.423 e. The summed E-state index contributed by atoms with van der Waals surface area (Å²) in [5.74, 6) is 1.18. The molecule has 26 heavy (non-hydrogen) atoms. The van der Waals surface area contributed by atoms with Crippen molar-refractivity contribution in [1.29, 1.82) is 0 Å². The zero-order valence-corrected chi connectivity index (χ0v) is 14.2. The number of amides is 1. The summed E-state index contributed by atoms with van der Waals surface area (Å²) in [5, 5.41) is 10.5. The molecule has 1 N–H and O–H groups in total. The molecule has 0 aliphatic carbocycles. The highest BCUT2D eigenvalue weighted by atomic mass is 16.4. The lowest BCUT2D eigenvalue weighted by molar-refractivity contribution is -0.116. The van der Waals surface area contributed by atoms with Crippen molar-refractivity contribution < 1.29 is 9.21 Å². The van der Waals surface area contributed by atoms with Gasteiger partial charge in [-0.3, -0.25) is 4.79 Å². The number of benzene rings is 2. The molecule has 0 aliphatic heterocycles. The fourth-order valence-electron chi connectivity index (χ4n) is 2.94. The third-order valence-corrected chi connectivity index (χ3v) is 4.10. The molecule has 0 atom stereocenters. The Kier molecular flexibility index (Phi) is 4.18. The second-order valence-electron chi connectivity index (χ2n) is 5.83. The van der Waals surface area contributed by atoms with Crippen LogP contribution in [0.25, 0.3) is 22.5 Å². The van der Waals surface area contributed by atoms with Crippen LogP contribution in [-0.2, 0) is 17.8 Å². The molecule has 4 rings (SSSR count). The number of imidazole rings is 1. The molecule has 0 fully saturated rings. The number of hydrogen-bond acceptors (Lipinski definition) is 5. The number of fused-ring (bicyclic) bond motifs is 1. The summed E-state index contributed by atoms with van der Waals surface area (Å²) in [4.78, 5) is 17.2. The van der Waals surface area contributed by atoms with Gasteiger partial charge in [-0.25, -0.2) is 4.98 Å². The number of hydrogen-bond donors (Lipinski definition) is 1. The number of para-hydroxylation sites is 2. The molecule has 2 aromatic carbocycles. The molecule has 1 amide bonds. The van der Waals surface area contributed by atoms with Gasteiger partial charge in [0, 0.05) is 17.7 Å². The van der Waals surface area contributed by atoms with Crippen LogP contribution in [0.1, 0.15) is 12.7 Å². The summed E-state index contributed by atoms with van der Waals surface area (Å²) in [6.45, 7) is 2.23. The van der Waals surface area contributed by atoms with E-state index in [-0.39, 0.29) is 12.5 Å². The Bertz CT molecular complexity index is 1050. The maximum absolute atomic E-state index is 12.6. The highest BCUT2D eigenvalue weighted by Gasteiger charge is 2.13. The first-order valence-corrected chi connectivity index (χ1v) is 8.35. The molecule has 0 bridgehead atoms. The minimum Gasteiger partial charge on any atom is -0.423 e. The van der Waals surface area contributed by atoms with Crippen molar-refractivity contribution in [1.82, 2.24) is 19.7 Å². The predicted molar refractivity (Wildman–Crippen MR) is 97.5 cm³/mol. The van der Waals surface area contributed by atoms with Crippen molar-refractivity contribution in [3.05, 3.63) is 60.7 Å². The minimum atomic E-state index is -0.120. The van der Waals surface area contributed by atoms with E-state index in [9.17, 15) is 4.79 Å². The van der Waals surface area contributed by atoms with Crippen LogP contribution in [-0.4, -0.2) is 25.7 Å². The van der Waals surface area contributed by atoms with Gasteiger partial charge in [-0.2, -0.15) is 0 Å². The second kappa shape index (κ2) is 6.79. The smallest absolute Gasteiger partial charge is 0.247 e. The topological polar surface area (TPSA) is 85.8 Å².